The quantitative estimate of drug-likeness (QED) is 0.122. The number of hydrogen-bond acceptors (Lipinski definition) is 8. The van der Waals surface area contributed by atoms with E-state index in [9.17, 15) is 19.2 Å². The lowest BCUT2D eigenvalue weighted by Crippen LogP contribution is -2.17. The molecule has 0 radical (unpaired) electrons. The van der Waals surface area contributed by atoms with Crippen LogP contribution in [0.5, 0.6) is 0 Å². The molecule has 2 aromatic carbocycles. The summed E-state index contributed by atoms with van der Waals surface area (Å²) in [6.07, 6.45) is 2.44. The largest absolute Gasteiger partial charge is 0.380 e. The maximum atomic E-state index is 12.2. The second-order valence-electron chi connectivity index (χ2n) is 8.48. The average molecular weight is 539 g/mol. The molecular formula is C27H34N6O6. The third-order valence-electron chi connectivity index (χ3n) is 5.14. The van der Waals surface area contributed by atoms with Crippen LogP contribution in [-0.4, -0.2) is 35.4 Å². The van der Waals surface area contributed by atoms with Gasteiger partial charge in [0, 0.05) is 48.2 Å². The van der Waals surface area contributed by atoms with Crippen molar-refractivity contribution in [3.05, 3.63) is 59.7 Å². The van der Waals surface area contributed by atoms with Gasteiger partial charge in [-0.15, -0.1) is 0 Å². The molecule has 0 aromatic heterocycles. The van der Waals surface area contributed by atoms with Gasteiger partial charge in [0.25, 0.3) is 0 Å². The molecule has 0 aliphatic rings. The van der Waals surface area contributed by atoms with E-state index < -0.39 is 11.9 Å². The molecule has 0 unspecified atom stereocenters. The van der Waals surface area contributed by atoms with Crippen LogP contribution in [0.4, 0.5) is 11.4 Å². The zero-order valence-corrected chi connectivity index (χ0v) is 22.1. The third kappa shape index (κ3) is 11.5. The molecular weight excluding hydrogens is 504 g/mol. The van der Waals surface area contributed by atoms with Crippen LogP contribution >= 0.6 is 0 Å². The summed E-state index contributed by atoms with van der Waals surface area (Å²) in [5.41, 5.74) is 13.8. The first-order valence-corrected chi connectivity index (χ1v) is 12.6. The van der Waals surface area contributed by atoms with Crippen molar-refractivity contribution in [3.63, 3.8) is 0 Å². The smallest absolute Gasteiger partial charge is 0.335 e. The Bertz CT molecular complexity index is 1100. The minimum Gasteiger partial charge on any atom is -0.380 e. The number of rotatable bonds is 14. The standard InChI is InChI=1S/C27H34N6O6/c1-3-6-24(36)38-32-26(28)18-10-14-20(15-11-18)30-22(34)8-5-9-23(35)31-21-16-12-19(13-17-21)27(29)33-39-25(37)7-4-2/h10-17H,3-9H2,1-2H3,(H2,28,32)(H2,29,33)(H,30,34)(H,31,35). The van der Waals surface area contributed by atoms with Gasteiger partial charge in [0.2, 0.25) is 11.8 Å². The van der Waals surface area contributed by atoms with Crippen molar-refractivity contribution < 1.29 is 28.9 Å². The van der Waals surface area contributed by atoms with Gasteiger partial charge in [-0.25, -0.2) is 9.59 Å². The van der Waals surface area contributed by atoms with Crippen molar-refractivity contribution in [2.45, 2.75) is 58.8 Å². The van der Waals surface area contributed by atoms with Crippen molar-refractivity contribution in [2.24, 2.45) is 21.8 Å². The third-order valence-corrected chi connectivity index (χ3v) is 5.14. The van der Waals surface area contributed by atoms with Crippen molar-refractivity contribution in [1.82, 2.24) is 0 Å². The molecule has 0 bridgehead atoms. The first-order valence-electron chi connectivity index (χ1n) is 12.6. The molecule has 2 rings (SSSR count). The van der Waals surface area contributed by atoms with E-state index in [1.165, 1.54) is 0 Å². The molecule has 0 aliphatic carbocycles. The van der Waals surface area contributed by atoms with E-state index in [0.29, 0.717) is 41.8 Å². The van der Waals surface area contributed by atoms with Gasteiger partial charge in [0.05, 0.1) is 0 Å². The Hall–Kier alpha value is -4.74. The molecule has 2 amide bonds. The number of carbonyl (C=O) groups excluding carboxylic acids is 4. The Morgan fingerprint density at radius 3 is 1.33 bits per heavy atom. The zero-order chi connectivity index (χ0) is 28.6. The average Bonchev–Trinajstić information content (AvgIpc) is 2.91. The normalized spacial score (nSPS) is 11.4. The van der Waals surface area contributed by atoms with E-state index in [0.717, 1.165) is 0 Å². The number of amidine groups is 2. The molecule has 0 heterocycles. The molecule has 0 aliphatic heterocycles. The summed E-state index contributed by atoms with van der Waals surface area (Å²) in [6.45, 7) is 3.70. The number of nitrogens with zero attached hydrogens (tertiary/aromatic N) is 2. The first-order chi connectivity index (χ1) is 18.7. The molecule has 6 N–H and O–H groups in total. The van der Waals surface area contributed by atoms with Crippen LogP contribution in [0.3, 0.4) is 0 Å². The number of hydrogen-bond donors (Lipinski definition) is 4. The topological polar surface area (TPSA) is 188 Å². The second-order valence-corrected chi connectivity index (χ2v) is 8.48. The van der Waals surface area contributed by atoms with E-state index in [1.807, 2.05) is 13.8 Å². The van der Waals surface area contributed by atoms with Crippen LogP contribution in [0.1, 0.15) is 69.9 Å². The number of nitrogens with two attached hydrogens (primary N) is 2. The Labute approximate surface area is 226 Å². The van der Waals surface area contributed by atoms with Crippen LogP contribution in [-0.2, 0) is 28.9 Å². The van der Waals surface area contributed by atoms with Gasteiger partial charge in [-0.05, 0) is 67.8 Å². The summed E-state index contributed by atoms with van der Waals surface area (Å²) in [7, 11) is 0. The van der Waals surface area contributed by atoms with Crippen molar-refractivity contribution >= 4 is 46.8 Å². The SMILES string of the molecule is CCCC(=O)O/N=C(\N)c1ccc(NC(=O)CCCC(=O)Nc2ccc(/C(N)=N/OC(=O)CCC)cc2)cc1. The maximum absolute atomic E-state index is 12.2. The highest BCUT2D eigenvalue weighted by molar-refractivity contribution is 5.99. The summed E-state index contributed by atoms with van der Waals surface area (Å²) in [4.78, 5) is 56.7. The van der Waals surface area contributed by atoms with Gasteiger partial charge >= 0.3 is 11.9 Å². The highest BCUT2D eigenvalue weighted by atomic mass is 16.7. The summed E-state index contributed by atoms with van der Waals surface area (Å²) < 4.78 is 0. The Kier molecular flexibility index (Phi) is 12.6. The molecule has 12 heteroatoms. The zero-order valence-electron chi connectivity index (χ0n) is 22.1. The van der Waals surface area contributed by atoms with Crippen molar-refractivity contribution in [2.75, 3.05) is 10.6 Å². The molecule has 0 saturated heterocycles. The Morgan fingerprint density at radius 2 is 1.00 bits per heavy atom. The van der Waals surface area contributed by atoms with E-state index in [1.54, 1.807) is 48.5 Å². The summed E-state index contributed by atoms with van der Waals surface area (Å²) in [5, 5.41) is 12.7. The fraction of sp³-hybridized carbons (Fsp3) is 0.333. The lowest BCUT2D eigenvalue weighted by Gasteiger charge is -2.08. The fourth-order valence-corrected chi connectivity index (χ4v) is 3.11. The number of benzene rings is 2. The predicted molar refractivity (Wildman–Crippen MR) is 147 cm³/mol. The van der Waals surface area contributed by atoms with Crippen LogP contribution in [0.25, 0.3) is 0 Å². The molecule has 0 spiro atoms. The number of amides is 2. The fourth-order valence-electron chi connectivity index (χ4n) is 3.11. The molecule has 208 valence electrons. The highest BCUT2D eigenvalue weighted by Gasteiger charge is 2.09. The minimum absolute atomic E-state index is 0.0440. The Balaban J connectivity index is 1.74. The van der Waals surface area contributed by atoms with Crippen LogP contribution < -0.4 is 22.1 Å². The Morgan fingerprint density at radius 1 is 0.641 bits per heavy atom. The van der Waals surface area contributed by atoms with Gasteiger partial charge in [0.1, 0.15) is 0 Å². The van der Waals surface area contributed by atoms with Crippen molar-refractivity contribution in [3.8, 4) is 0 Å². The van der Waals surface area contributed by atoms with Gasteiger partial charge in [0.15, 0.2) is 11.7 Å². The second kappa shape index (κ2) is 16.2. The van der Waals surface area contributed by atoms with Crippen molar-refractivity contribution in [1.29, 1.82) is 0 Å². The number of oxime groups is 2. The molecule has 2 aromatic rings. The summed E-state index contributed by atoms with van der Waals surface area (Å²) >= 11 is 0. The van der Waals surface area contributed by atoms with Crippen LogP contribution in [0.15, 0.2) is 58.8 Å². The summed E-state index contributed by atoms with van der Waals surface area (Å²) in [6, 6.07) is 13.1. The highest BCUT2D eigenvalue weighted by Crippen LogP contribution is 2.13. The lowest BCUT2D eigenvalue weighted by atomic mass is 10.1. The molecule has 0 fully saturated rings. The van der Waals surface area contributed by atoms with Crippen LogP contribution in [0.2, 0.25) is 0 Å². The number of anilines is 2. The number of carbonyl (C=O) groups is 4. The first kappa shape index (κ1) is 30.5. The van der Waals surface area contributed by atoms with E-state index in [-0.39, 0.29) is 49.2 Å². The molecule has 0 saturated carbocycles. The minimum atomic E-state index is -0.463. The van der Waals surface area contributed by atoms with Gasteiger partial charge in [-0.1, -0.05) is 24.2 Å². The maximum Gasteiger partial charge on any atom is 0.335 e. The predicted octanol–water partition coefficient (Wildman–Crippen LogP) is 3.36. The van der Waals surface area contributed by atoms with E-state index >= 15 is 0 Å². The van der Waals surface area contributed by atoms with E-state index in [4.69, 9.17) is 21.1 Å². The van der Waals surface area contributed by atoms with Gasteiger partial charge < -0.3 is 31.8 Å². The summed E-state index contributed by atoms with van der Waals surface area (Å²) in [5.74, 6) is -1.33. The van der Waals surface area contributed by atoms with Crippen LogP contribution in [0, 0.1) is 0 Å². The van der Waals surface area contributed by atoms with Gasteiger partial charge in [-0.3, -0.25) is 9.59 Å². The molecule has 12 nitrogen and oxygen atoms in total. The molecule has 39 heavy (non-hydrogen) atoms. The monoisotopic (exact) mass is 538 g/mol. The number of nitrogens with one attached hydrogen (secondary N) is 2. The molecule has 0 atom stereocenters. The van der Waals surface area contributed by atoms with Gasteiger partial charge in [-0.2, -0.15) is 0 Å². The van der Waals surface area contributed by atoms with E-state index in [2.05, 4.69) is 20.9 Å². The lowest BCUT2D eigenvalue weighted by molar-refractivity contribution is -0.144.